The number of ether oxygens (including phenoxy) is 2. The van der Waals surface area contributed by atoms with E-state index >= 15 is 0 Å². The number of amides is 1. The zero-order valence-corrected chi connectivity index (χ0v) is 16.2. The molecule has 2 aromatic heterocycles. The van der Waals surface area contributed by atoms with Crippen molar-refractivity contribution in [3.8, 4) is 17.1 Å². The first-order chi connectivity index (χ1) is 12.9. The average molecular weight is 371 g/mol. The van der Waals surface area contributed by atoms with Crippen LogP contribution < -0.4 is 9.64 Å². The van der Waals surface area contributed by atoms with Gasteiger partial charge < -0.3 is 19.3 Å². The van der Waals surface area contributed by atoms with Crippen LogP contribution >= 0.6 is 0 Å². The molecule has 27 heavy (non-hydrogen) atoms. The summed E-state index contributed by atoms with van der Waals surface area (Å²) in [6.07, 6.45) is 4.75. The van der Waals surface area contributed by atoms with E-state index in [9.17, 15) is 4.79 Å². The Morgan fingerprint density at radius 2 is 1.81 bits per heavy atom. The third kappa shape index (κ3) is 4.64. The molecule has 144 valence electrons. The summed E-state index contributed by atoms with van der Waals surface area (Å²) in [7, 11) is 1.56. The lowest BCUT2D eigenvalue weighted by Crippen LogP contribution is -2.50. The lowest BCUT2D eigenvalue weighted by Gasteiger charge is -2.36. The molecule has 1 aliphatic heterocycles. The number of anilines is 1. The Labute approximate surface area is 159 Å². The van der Waals surface area contributed by atoms with E-state index in [2.05, 4.69) is 19.9 Å². The van der Waals surface area contributed by atoms with Crippen LogP contribution in [0, 0.1) is 0 Å². The van der Waals surface area contributed by atoms with Gasteiger partial charge in [-0.15, -0.1) is 0 Å². The molecule has 8 heteroatoms. The van der Waals surface area contributed by atoms with Crippen LogP contribution in [0.25, 0.3) is 11.3 Å². The highest BCUT2D eigenvalue weighted by atomic mass is 16.6. The van der Waals surface area contributed by atoms with E-state index in [-0.39, 0.29) is 6.09 Å². The molecule has 1 aliphatic rings. The SMILES string of the molecule is COc1cnc(-c2cccnc2N2CCN(C(=O)OC(C)(C)C)CC2)cn1. The Kier molecular flexibility index (Phi) is 5.43. The fourth-order valence-corrected chi connectivity index (χ4v) is 2.84. The second kappa shape index (κ2) is 7.77. The van der Waals surface area contributed by atoms with Gasteiger partial charge in [-0.1, -0.05) is 0 Å². The van der Waals surface area contributed by atoms with Crippen LogP contribution in [0.1, 0.15) is 20.8 Å². The van der Waals surface area contributed by atoms with Crippen molar-refractivity contribution < 1.29 is 14.3 Å². The molecule has 0 radical (unpaired) electrons. The van der Waals surface area contributed by atoms with Crippen LogP contribution in [-0.2, 0) is 4.74 Å². The normalized spacial score (nSPS) is 14.8. The van der Waals surface area contributed by atoms with Gasteiger partial charge in [0.15, 0.2) is 0 Å². The number of carbonyl (C=O) groups is 1. The number of methoxy groups -OCH3 is 1. The highest BCUT2D eigenvalue weighted by Gasteiger charge is 2.27. The smallest absolute Gasteiger partial charge is 0.410 e. The Bertz CT molecular complexity index is 781. The van der Waals surface area contributed by atoms with Crippen LogP contribution in [0.5, 0.6) is 5.88 Å². The number of piperazine rings is 1. The number of hydrogen-bond acceptors (Lipinski definition) is 7. The molecule has 1 amide bonds. The topological polar surface area (TPSA) is 80.7 Å². The third-order valence-corrected chi connectivity index (χ3v) is 4.13. The summed E-state index contributed by atoms with van der Waals surface area (Å²) in [5.41, 5.74) is 1.14. The average Bonchev–Trinajstić information content (AvgIpc) is 2.67. The Morgan fingerprint density at radius 1 is 1.07 bits per heavy atom. The molecule has 0 bridgehead atoms. The fourth-order valence-electron chi connectivity index (χ4n) is 2.84. The molecule has 3 rings (SSSR count). The minimum absolute atomic E-state index is 0.274. The number of carbonyl (C=O) groups excluding carboxylic acids is 1. The zero-order valence-electron chi connectivity index (χ0n) is 16.2. The molecular weight excluding hydrogens is 346 g/mol. The molecule has 0 aromatic carbocycles. The molecule has 2 aromatic rings. The van der Waals surface area contributed by atoms with Crippen LogP contribution in [-0.4, -0.2) is 64.8 Å². The van der Waals surface area contributed by atoms with Gasteiger partial charge in [-0.25, -0.2) is 19.7 Å². The second-order valence-corrected chi connectivity index (χ2v) is 7.27. The molecule has 8 nitrogen and oxygen atoms in total. The Hall–Kier alpha value is -2.90. The molecule has 0 N–H and O–H groups in total. The summed E-state index contributed by atoms with van der Waals surface area (Å²) in [5.74, 6) is 1.30. The first kappa shape index (κ1) is 18.9. The van der Waals surface area contributed by atoms with Crippen LogP contribution in [0.15, 0.2) is 30.7 Å². The van der Waals surface area contributed by atoms with Crippen molar-refractivity contribution in [2.45, 2.75) is 26.4 Å². The lowest BCUT2D eigenvalue weighted by molar-refractivity contribution is 0.0240. The number of pyridine rings is 1. The Balaban J connectivity index is 1.72. The summed E-state index contributed by atoms with van der Waals surface area (Å²) in [5, 5.41) is 0. The molecule has 1 saturated heterocycles. The first-order valence-corrected chi connectivity index (χ1v) is 8.91. The zero-order chi connectivity index (χ0) is 19.4. The predicted octanol–water partition coefficient (Wildman–Crippen LogP) is 2.60. The van der Waals surface area contributed by atoms with Crippen molar-refractivity contribution >= 4 is 11.9 Å². The molecule has 3 heterocycles. The van der Waals surface area contributed by atoms with Gasteiger partial charge in [-0.05, 0) is 32.9 Å². The van der Waals surface area contributed by atoms with E-state index in [4.69, 9.17) is 9.47 Å². The molecule has 0 spiro atoms. The summed E-state index contributed by atoms with van der Waals surface area (Å²) < 4.78 is 10.5. The van der Waals surface area contributed by atoms with Crippen molar-refractivity contribution in [2.75, 3.05) is 38.2 Å². The minimum Gasteiger partial charge on any atom is -0.480 e. The van der Waals surface area contributed by atoms with Gasteiger partial charge in [-0.3, -0.25) is 0 Å². The number of hydrogen-bond donors (Lipinski definition) is 0. The van der Waals surface area contributed by atoms with Gasteiger partial charge in [0, 0.05) is 37.9 Å². The third-order valence-electron chi connectivity index (χ3n) is 4.13. The van der Waals surface area contributed by atoms with E-state index < -0.39 is 5.60 Å². The maximum absolute atomic E-state index is 12.2. The highest BCUT2D eigenvalue weighted by molar-refractivity contribution is 5.73. The predicted molar refractivity (Wildman–Crippen MR) is 102 cm³/mol. The largest absolute Gasteiger partial charge is 0.480 e. The molecule has 1 fully saturated rings. The summed E-state index contributed by atoms with van der Waals surface area (Å²) in [6, 6.07) is 3.85. The van der Waals surface area contributed by atoms with E-state index in [0.29, 0.717) is 32.1 Å². The van der Waals surface area contributed by atoms with Gasteiger partial charge in [0.05, 0.1) is 25.2 Å². The van der Waals surface area contributed by atoms with E-state index in [1.54, 1.807) is 30.6 Å². The molecule has 0 atom stereocenters. The van der Waals surface area contributed by atoms with E-state index in [1.165, 1.54) is 0 Å². The van der Waals surface area contributed by atoms with Gasteiger partial charge in [0.2, 0.25) is 5.88 Å². The van der Waals surface area contributed by atoms with Gasteiger partial charge in [-0.2, -0.15) is 0 Å². The van der Waals surface area contributed by atoms with Crippen molar-refractivity contribution in [3.63, 3.8) is 0 Å². The maximum Gasteiger partial charge on any atom is 0.410 e. The van der Waals surface area contributed by atoms with Gasteiger partial charge in [0.25, 0.3) is 0 Å². The standard InChI is InChI=1S/C19H25N5O3/c1-19(2,3)27-18(25)24-10-8-23(9-11-24)17-14(6-5-7-20-17)15-12-22-16(26-4)13-21-15/h5-7,12-13H,8-11H2,1-4H3. The van der Waals surface area contributed by atoms with Gasteiger partial charge in [0.1, 0.15) is 11.4 Å². The quantitative estimate of drug-likeness (QED) is 0.820. The summed E-state index contributed by atoms with van der Waals surface area (Å²) >= 11 is 0. The van der Waals surface area contributed by atoms with E-state index in [0.717, 1.165) is 17.1 Å². The monoisotopic (exact) mass is 371 g/mol. The van der Waals surface area contributed by atoms with E-state index in [1.807, 2.05) is 32.9 Å². The fraction of sp³-hybridized carbons (Fsp3) is 0.474. The molecule has 0 unspecified atom stereocenters. The van der Waals surface area contributed by atoms with Crippen LogP contribution in [0.4, 0.5) is 10.6 Å². The molecule has 0 saturated carbocycles. The second-order valence-electron chi connectivity index (χ2n) is 7.27. The molecule has 0 aliphatic carbocycles. The van der Waals surface area contributed by atoms with Crippen molar-refractivity contribution in [3.05, 3.63) is 30.7 Å². The van der Waals surface area contributed by atoms with Crippen molar-refractivity contribution in [1.29, 1.82) is 0 Å². The van der Waals surface area contributed by atoms with Crippen LogP contribution in [0.2, 0.25) is 0 Å². The number of nitrogens with zero attached hydrogens (tertiary/aromatic N) is 5. The highest BCUT2D eigenvalue weighted by Crippen LogP contribution is 2.28. The maximum atomic E-state index is 12.2. The Morgan fingerprint density at radius 3 is 2.41 bits per heavy atom. The van der Waals surface area contributed by atoms with Crippen molar-refractivity contribution in [1.82, 2.24) is 19.9 Å². The van der Waals surface area contributed by atoms with Crippen molar-refractivity contribution in [2.24, 2.45) is 0 Å². The number of rotatable bonds is 3. The minimum atomic E-state index is -0.491. The number of aromatic nitrogens is 3. The van der Waals surface area contributed by atoms with Gasteiger partial charge >= 0.3 is 6.09 Å². The first-order valence-electron chi connectivity index (χ1n) is 8.91. The summed E-state index contributed by atoms with van der Waals surface area (Å²) in [6.45, 7) is 8.13. The van der Waals surface area contributed by atoms with Crippen LogP contribution in [0.3, 0.4) is 0 Å². The summed E-state index contributed by atoms with van der Waals surface area (Å²) in [4.78, 5) is 29.3. The lowest BCUT2D eigenvalue weighted by atomic mass is 10.1. The molecular formula is C19H25N5O3.